The summed E-state index contributed by atoms with van der Waals surface area (Å²) in [6.07, 6.45) is -0.911. The summed E-state index contributed by atoms with van der Waals surface area (Å²) >= 11 is 0. The molecule has 1 aromatic rings. The van der Waals surface area contributed by atoms with Crippen LogP contribution in [0.2, 0.25) is 0 Å². The number of fused-ring (bicyclic) bond motifs is 5. The zero-order valence-electron chi connectivity index (χ0n) is 30.1. The summed E-state index contributed by atoms with van der Waals surface area (Å²) in [5.41, 5.74) is 2.90. The average molecular weight is 759 g/mol. The zero-order chi connectivity index (χ0) is 37.4. The van der Waals surface area contributed by atoms with Gasteiger partial charge >= 0.3 is 18.2 Å². The number of benzene rings is 1. The molecule has 290 valence electrons. The molecule has 1 aromatic carbocycles. The summed E-state index contributed by atoms with van der Waals surface area (Å²) in [4.78, 5) is 42.5. The third-order valence-corrected chi connectivity index (χ3v) is 14.3. The molecule has 2 saturated carbocycles. The number of morpholine rings is 1. The van der Waals surface area contributed by atoms with Crippen LogP contribution in [0.15, 0.2) is 12.1 Å². The summed E-state index contributed by atoms with van der Waals surface area (Å²) in [6, 6.07) is 4.26. The fraction of sp³-hybridized carbons (Fsp3) is 0.763. The third-order valence-electron chi connectivity index (χ3n) is 12.8. The van der Waals surface area contributed by atoms with Crippen LogP contribution in [0.4, 0.5) is 26.7 Å². The largest absolute Gasteiger partial charge is 0.453 e. The predicted octanol–water partition coefficient (Wildman–Crippen LogP) is 7.23. The van der Waals surface area contributed by atoms with Gasteiger partial charge in [-0.05, 0) is 111 Å². The molecule has 5 aliphatic rings. The number of carbonyl (C=O) groups excluding carboxylic acids is 3. The average Bonchev–Trinajstić information content (AvgIpc) is 3.41. The van der Waals surface area contributed by atoms with Gasteiger partial charge in [0.25, 0.3) is 0 Å². The van der Waals surface area contributed by atoms with E-state index in [9.17, 15) is 40.5 Å². The number of rotatable bonds is 11. The minimum Gasteiger partial charge on any atom is -0.410 e. The van der Waals surface area contributed by atoms with Crippen molar-refractivity contribution in [2.24, 2.45) is 23.2 Å². The number of alkyl halides is 5. The van der Waals surface area contributed by atoms with Crippen molar-refractivity contribution < 1.29 is 50.0 Å². The van der Waals surface area contributed by atoms with Gasteiger partial charge in [0.1, 0.15) is 18.1 Å². The van der Waals surface area contributed by atoms with E-state index in [0.29, 0.717) is 82.7 Å². The second kappa shape index (κ2) is 15.6. The van der Waals surface area contributed by atoms with E-state index in [4.69, 9.17) is 9.47 Å². The molecule has 8 nitrogen and oxygen atoms in total. The fourth-order valence-electron chi connectivity index (χ4n) is 9.92. The Bertz CT molecular complexity index is 1530. The number of ether oxygens (including phenoxy) is 2. The molecule has 3 aliphatic carbocycles. The predicted molar refractivity (Wildman–Crippen MR) is 185 cm³/mol. The molecule has 1 unspecified atom stereocenters. The Labute approximate surface area is 305 Å². The highest BCUT2D eigenvalue weighted by Gasteiger charge is 2.57. The molecule has 2 saturated heterocycles. The third kappa shape index (κ3) is 7.93. The number of Topliss-reactive ketones (excluding diaryl/α,β-unsaturated/α-hetero) is 1. The van der Waals surface area contributed by atoms with Crippen molar-refractivity contribution in [2.75, 3.05) is 44.4 Å². The highest BCUT2D eigenvalue weighted by Crippen LogP contribution is 2.62. The smallest absolute Gasteiger partial charge is 0.410 e. The normalized spacial score (nSPS) is 29.1. The van der Waals surface area contributed by atoms with Gasteiger partial charge in [-0.3, -0.25) is 13.8 Å². The second-order valence-corrected chi connectivity index (χ2v) is 17.4. The van der Waals surface area contributed by atoms with E-state index >= 15 is 0 Å². The van der Waals surface area contributed by atoms with E-state index in [0.717, 1.165) is 30.4 Å². The van der Waals surface area contributed by atoms with E-state index in [1.54, 1.807) is 4.90 Å². The van der Waals surface area contributed by atoms with E-state index in [1.807, 2.05) is 17.9 Å². The number of piperidine rings is 1. The molecular weight excluding hydrogens is 707 g/mol. The molecule has 0 bridgehead atoms. The molecule has 52 heavy (non-hydrogen) atoms. The van der Waals surface area contributed by atoms with Gasteiger partial charge < -0.3 is 19.3 Å². The first-order valence-corrected chi connectivity index (χ1v) is 20.4. The molecule has 6 atom stereocenters. The van der Waals surface area contributed by atoms with Crippen LogP contribution < -0.4 is 4.74 Å². The van der Waals surface area contributed by atoms with Crippen LogP contribution in [-0.2, 0) is 38.0 Å². The number of hydrogen-bond acceptors (Lipinski definition) is 6. The van der Waals surface area contributed by atoms with Crippen LogP contribution in [0.5, 0.6) is 5.75 Å². The summed E-state index contributed by atoms with van der Waals surface area (Å²) in [5.74, 6) is -3.15. The number of halogens is 5. The van der Waals surface area contributed by atoms with Gasteiger partial charge in [0, 0.05) is 66.2 Å². The number of hydrogen-bond donors (Lipinski definition) is 0. The standard InChI is InChI=1S/C38H51F5N2O6S/c1-3-24-21-29-26(22-31(24)51-35(48)44-14-10-27(11-15-44)45-16-17-50-23-33(45)47)20-25(34-28(29)9-13-36(2)30(34)7-8-32(36)46)6-4-18-52(49)19-5-12-37(39,40)38(41,42)43/h21-22,25,27-28,30,34H,3-20,23H2,1-2H3/t25-,28-,30+,34-,36+,52?/m1/s1. The maximum absolute atomic E-state index is 13.5. The van der Waals surface area contributed by atoms with Crippen LogP contribution in [0.3, 0.4) is 0 Å². The molecule has 2 aliphatic heterocycles. The molecule has 0 N–H and O–H groups in total. The van der Waals surface area contributed by atoms with Crippen LogP contribution in [0.25, 0.3) is 0 Å². The topological polar surface area (TPSA) is 93.2 Å². The minimum absolute atomic E-state index is 0.0166. The quantitative estimate of drug-likeness (QED) is 0.221. The van der Waals surface area contributed by atoms with Crippen LogP contribution in [-0.4, -0.2) is 94.3 Å². The first kappa shape index (κ1) is 39.1. The zero-order valence-corrected chi connectivity index (χ0v) is 30.9. The molecule has 0 aromatic heterocycles. The van der Waals surface area contributed by atoms with Gasteiger partial charge in [0.15, 0.2) is 0 Å². The molecule has 0 radical (unpaired) electrons. The molecular formula is C38H51F5N2O6S. The van der Waals surface area contributed by atoms with E-state index in [-0.39, 0.29) is 59.1 Å². The van der Waals surface area contributed by atoms with Crippen molar-refractivity contribution in [2.45, 2.75) is 115 Å². The van der Waals surface area contributed by atoms with Gasteiger partial charge in [-0.1, -0.05) is 19.9 Å². The highest BCUT2D eigenvalue weighted by atomic mass is 32.2. The summed E-state index contributed by atoms with van der Waals surface area (Å²) in [7, 11) is -1.52. The van der Waals surface area contributed by atoms with E-state index < -0.39 is 41.8 Å². The molecule has 4 fully saturated rings. The number of ketones is 1. The lowest BCUT2D eigenvalue weighted by Crippen LogP contribution is -2.52. The lowest BCUT2D eigenvalue weighted by molar-refractivity contribution is -0.284. The Balaban J connectivity index is 1.14. The number of likely N-dealkylation sites (tertiary alicyclic amines) is 1. The maximum atomic E-state index is 13.5. The second-order valence-electron chi connectivity index (χ2n) is 15.7. The number of nitrogens with zero attached hydrogens (tertiary/aromatic N) is 2. The van der Waals surface area contributed by atoms with Crippen molar-refractivity contribution in [3.05, 3.63) is 28.8 Å². The van der Waals surface area contributed by atoms with Gasteiger partial charge in [0.2, 0.25) is 5.91 Å². The van der Waals surface area contributed by atoms with Gasteiger partial charge in [-0.25, -0.2) is 4.79 Å². The van der Waals surface area contributed by atoms with Crippen molar-refractivity contribution in [1.82, 2.24) is 9.80 Å². The summed E-state index contributed by atoms with van der Waals surface area (Å²) < 4.78 is 88.5. The van der Waals surface area contributed by atoms with Crippen molar-refractivity contribution in [3.8, 4) is 5.75 Å². The van der Waals surface area contributed by atoms with Crippen LogP contribution in [0.1, 0.15) is 101 Å². The van der Waals surface area contributed by atoms with Gasteiger partial charge in [-0.2, -0.15) is 22.0 Å². The van der Waals surface area contributed by atoms with Crippen LogP contribution in [0, 0.1) is 23.2 Å². The summed E-state index contributed by atoms with van der Waals surface area (Å²) in [6.45, 7) is 6.28. The molecule has 6 rings (SSSR count). The summed E-state index contributed by atoms with van der Waals surface area (Å²) in [5, 5.41) is 0. The van der Waals surface area contributed by atoms with Crippen LogP contribution >= 0.6 is 0 Å². The molecule has 0 spiro atoms. The fourth-order valence-corrected chi connectivity index (χ4v) is 11.1. The SMILES string of the molecule is CCc1cc2c(cc1OC(=O)N1CCC(N3CCOCC3=O)CC1)C[C@@H](CCCS(=O)CCCC(F)(F)C(F)(F)F)[C@@H]1[C@@H]2CC[C@]2(C)C(=O)CC[C@@H]12. The van der Waals surface area contributed by atoms with E-state index in [2.05, 4.69) is 13.0 Å². The lowest BCUT2D eigenvalue weighted by atomic mass is 9.52. The van der Waals surface area contributed by atoms with Crippen molar-refractivity contribution >= 4 is 28.6 Å². The van der Waals surface area contributed by atoms with Crippen molar-refractivity contribution in [3.63, 3.8) is 0 Å². The van der Waals surface area contributed by atoms with Gasteiger partial charge in [-0.15, -0.1) is 0 Å². The minimum atomic E-state index is -5.61. The monoisotopic (exact) mass is 758 g/mol. The Morgan fingerprint density at radius 1 is 1.04 bits per heavy atom. The molecule has 2 heterocycles. The Hall–Kier alpha value is -2.61. The number of carbonyl (C=O) groups is 3. The molecule has 14 heteroatoms. The number of aryl methyl sites for hydroxylation is 1. The lowest BCUT2D eigenvalue weighted by Gasteiger charge is -2.52. The Morgan fingerprint density at radius 2 is 1.77 bits per heavy atom. The maximum Gasteiger partial charge on any atom is 0.453 e. The first-order chi connectivity index (χ1) is 24.6. The highest BCUT2D eigenvalue weighted by molar-refractivity contribution is 7.84. The first-order valence-electron chi connectivity index (χ1n) is 19.0. The Morgan fingerprint density at radius 3 is 2.46 bits per heavy atom. The van der Waals surface area contributed by atoms with Gasteiger partial charge in [0.05, 0.1) is 6.61 Å². The Kier molecular flexibility index (Phi) is 11.7. The van der Waals surface area contributed by atoms with Crippen molar-refractivity contribution in [1.29, 1.82) is 0 Å². The number of amides is 2. The van der Waals surface area contributed by atoms with E-state index in [1.165, 1.54) is 5.56 Å². The molecule has 2 amide bonds.